The minimum atomic E-state index is 0.00566. The van der Waals surface area contributed by atoms with Gasteiger partial charge in [-0.05, 0) is 52.2 Å². The lowest BCUT2D eigenvalue weighted by atomic mass is 10.2. The van der Waals surface area contributed by atoms with Gasteiger partial charge in [-0.25, -0.2) is 4.79 Å². The Hall–Kier alpha value is -2.46. The van der Waals surface area contributed by atoms with Crippen LogP contribution in [0.15, 0.2) is 70.1 Å². The predicted octanol–water partition coefficient (Wildman–Crippen LogP) is 7.78. The van der Waals surface area contributed by atoms with Crippen molar-refractivity contribution in [3.8, 4) is 0 Å². The molecule has 9 heteroatoms. The molecule has 0 fully saturated rings. The van der Waals surface area contributed by atoms with Gasteiger partial charge >= 0.3 is 6.03 Å². The Morgan fingerprint density at radius 2 is 1.05 bits per heavy atom. The highest BCUT2D eigenvalue weighted by Crippen LogP contribution is 2.21. The quantitative estimate of drug-likeness (QED) is 0.155. The van der Waals surface area contributed by atoms with Crippen LogP contribution in [0.1, 0.15) is 45.7 Å². The zero-order valence-electron chi connectivity index (χ0n) is 21.1. The largest absolute Gasteiger partial charge is 0.332 e. The molecule has 4 rings (SSSR count). The van der Waals surface area contributed by atoms with Crippen molar-refractivity contribution in [3.05, 3.63) is 89.6 Å². The van der Waals surface area contributed by atoms with Crippen LogP contribution >= 0.6 is 45.3 Å². The summed E-state index contributed by atoms with van der Waals surface area (Å²) in [7, 11) is 0. The monoisotopic (exact) mass is 571 g/mol. The molecule has 0 aliphatic carbocycles. The highest BCUT2D eigenvalue weighted by Gasteiger charge is 2.24. The van der Waals surface area contributed by atoms with Gasteiger partial charge in [0.15, 0.2) is 0 Å². The molecular weight excluding hydrogens is 539 g/mol. The molecule has 0 N–H and O–H groups in total. The minimum Gasteiger partial charge on any atom is -0.332 e. The van der Waals surface area contributed by atoms with E-state index < -0.39 is 0 Å². The number of amides is 3. The standard InChI is InChI=1S/C28H33N3O2S4/c1-2-3-13-29(28(33)31(21-25-10-6-17-36-25)22-26-11-7-18-37-26)14-12-27(32)30(19-23-8-4-15-34-23)20-24-9-5-16-35-24/h4-11,15-18H,2-3,12-14,19-22H2,1H3. The van der Waals surface area contributed by atoms with Gasteiger partial charge < -0.3 is 14.7 Å². The number of carbonyl (C=O) groups excluding carboxylic acids is 2. The zero-order valence-corrected chi connectivity index (χ0v) is 24.3. The first-order chi connectivity index (χ1) is 18.1. The molecule has 3 amide bonds. The first kappa shape index (κ1) is 27.6. The Kier molecular flexibility index (Phi) is 10.8. The van der Waals surface area contributed by atoms with Crippen molar-refractivity contribution >= 4 is 57.3 Å². The number of hydrogen-bond acceptors (Lipinski definition) is 6. The molecule has 4 aromatic rings. The van der Waals surface area contributed by atoms with Crippen molar-refractivity contribution in [2.24, 2.45) is 0 Å². The van der Waals surface area contributed by atoms with Crippen molar-refractivity contribution in [1.82, 2.24) is 14.7 Å². The van der Waals surface area contributed by atoms with Crippen molar-refractivity contribution in [2.75, 3.05) is 13.1 Å². The summed E-state index contributed by atoms with van der Waals surface area (Å²) in [4.78, 5) is 37.7. The van der Waals surface area contributed by atoms with E-state index in [9.17, 15) is 9.59 Å². The molecule has 0 bridgehead atoms. The smallest absolute Gasteiger partial charge is 0.320 e. The predicted molar refractivity (Wildman–Crippen MR) is 157 cm³/mol. The highest BCUT2D eigenvalue weighted by molar-refractivity contribution is 7.10. The number of unbranched alkanes of at least 4 members (excludes halogenated alkanes) is 1. The van der Waals surface area contributed by atoms with E-state index in [1.54, 1.807) is 45.3 Å². The Labute approximate surface area is 235 Å². The van der Waals surface area contributed by atoms with Crippen LogP contribution < -0.4 is 0 Å². The van der Waals surface area contributed by atoms with Crippen LogP contribution in [0.3, 0.4) is 0 Å². The van der Waals surface area contributed by atoms with Crippen LogP contribution in [0.5, 0.6) is 0 Å². The fourth-order valence-corrected chi connectivity index (χ4v) is 6.90. The number of carbonyl (C=O) groups is 2. The SMILES string of the molecule is CCCCN(CCC(=O)N(Cc1cccs1)Cc1cccs1)C(=O)N(Cc1cccs1)Cc1cccs1. The third kappa shape index (κ3) is 8.53. The second-order valence-corrected chi connectivity index (χ2v) is 12.9. The molecule has 37 heavy (non-hydrogen) atoms. The van der Waals surface area contributed by atoms with Gasteiger partial charge in [0, 0.05) is 39.0 Å². The lowest BCUT2D eigenvalue weighted by Crippen LogP contribution is -2.44. The van der Waals surface area contributed by atoms with Gasteiger partial charge in [-0.15, -0.1) is 45.3 Å². The van der Waals surface area contributed by atoms with Gasteiger partial charge in [-0.3, -0.25) is 4.79 Å². The van der Waals surface area contributed by atoms with Crippen LogP contribution in [-0.2, 0) is 31.0 Å². The Bertz CT molecular complexity index is 1100. The molecule has 0 saturated heterocycles. The first-order valence-corrected chi connectivity index (χ1v) is 16.1. The van der Waals surface area contributed by atoms with Crippen LogP contribution in [0.2, 0.25) is 0 Å². The second-order valence-electron chi connectivity index (χ2n) is 8.80. The molecule has 0 atom stereocenters. The lowest BCUT2D eigenvalue weighted by Gasteiger charge is -2.31. The zero-order chi connectivity index (χ0) is 25.9. The summed E-state index contributed by atoms with van der Waals surface area (Å²) < 4.78 is 0. The number of hydrogen-bond donors (Lipinski definition) is 0. The summed E-state index contributed by atoms with van der Waals surface area (Å²) in [6, 6.07) is 16.4. The van der Waals surface area contributed by atoms with Gasteiger partial charge in [-0.1, -0.05) is 37.6 Å². The van der Waals surface area contributed by atoms with E-state index in [-0.39, 0.29) is 11.9 Å². The Balaban J connectivity index is 1.45. The number of nitrogens with zero attached hydrogens (tertiary/aromatic N) is 3. The molecule has 0 spiro atoms. The Morgan fingerprint density at radius 1 is 0.622 bits per heavy atom. The average molecular weight is 572 g/mol. The third-order valence-electron chi connectivity index (χ3n) is 5.98. The van der Waals surface area contributed by atoms with Gasteiger partial charge in [0.1, 0.15) is 0 Å². The molecule has 0 aromatic carbocycles. The van der Waals surface area contributed by atoms with Gasteiger partial charge in [0.25, 0.3) is 0 Å². The topological polar surface area (TPSA) is 43.9 Å². The van der Waals surface area contributed by atoms with Gasteiger partial charge in [0.2, 0.25) is 5.91 Å². The van der Waals surface area contributed by atoms with Crippen LogP contribution in [0.4, 0.5) is 4.79 Å². The van der Waals surface area contributed by atoms with Crippen molar-refractivity contribution < 1.29 is 9.59 Å². The average Bonchev–Trinajstić information content (AvgIpc) is 3.72. The maximum Gasteiger partial charge on any atom is 0.320 e. The number of rotatable bonds is 14. The molecule has 4 heterocycles. The summed E-state index contributed by atoms with van der Waals surface area (Å²) in [6.45, 7) is 5.56. The van der Waals surface area contributed by atoms with E-state index in [0.29, 0.717) is 45.7 Å². The summed E-state index contributed by atoms with van der Waals surface area (Å²) in [5.41, 5.74) is 0. The molecular formula is C28H33N3O2S4. The normalized spacial score (nSPS) is 10.9. The Morgan fingerprint density at radius 3 is 1.43 bits per heavy atom. The molecule has 0 saturated carbocycles. The van der Waals surface area contributed by atoms with Gasteiger partial charge in [-0.2, -0.15) is 0 Å². The van der Waals surface area contributed by atoms with E-state index in [4.69, 9.17) is 0 Å². The minimum absolute atomic E-state index is 0.00566. The van der Waals surface area contributed by atoms with E-state index >= 15 is 0 Å². The van der Waals surface area contributed by atoms with E-state index in [2.05, 4.69) is 31.2 Å². The fraction of sp³-hybridized carbons (Fsp3) is 0.357. The van der Waals surface area contributed by atoms with Crippen molar-refractivity contribution in [1.29, 1.82) is 0 Å². The van der Waals surface area contributed by atoms with E-state index in [0.717, 1.165) is 22.6 Å². The molecule has 196 valence electrons. The molecule has 0 unspecified atom stereocenters. The summed E-state index contributed by atoms with van der Waals surface area (Å²) in [6.07, 6.45) is 2.23. The molecule has 0 radical (unpaired) electrons. The lowest BCUT2D eigenvalue weighted by molar-refractivity contribution is -0.132. The second kappa shape index (κ2) is 14.5. The number of thiophene rings is 4. The van der Waals surface area contributed by atoms with E-state index in [1.165, 1.54) is 9.75 Å². The van der Waals surface area contributed by atoms with E-state index in [1.807, 2.05) is 60.5 Å². The maximum absolute atomic E-state index is 13.8. The van der Waals surface area contributed by atoms with Gasteiger partial charge in [0.05, 0.1) is 26.2 Å². The summed E-state index contributed by atoms with van der Waals surface area (Å²) >= 11 is 6.68. The maximum atomic E-state index is 13.8. The molecule has 4 aromatic heterocycles. The molecule has 0 aliphatic heterocycles. The summed E-state index contributed by atoms with van der Waals surface area (Å²) in [5, 5.41) is 8.19. The highest BCUT2D eigenvalue weighted by atomic mass is 32.1. The third-order valence-corrected chi connectivity index (χ3v) is 9.42. The first-order valence-electron chi connectivity index (χ1n) is 12.5. The van der Waals surface area contributed by atoms with Crippen LogP contribution in [0.25, 0.3) is 0 Å². The number of urea groups is 1. The molecule has 5 nitrogen and oxygen atoms in total. The fourth-order valence-electron chi connectivity index (χ4n) is 4.03. The van der Waals surface area contributed by atoms with Crippen molar-refractivity contribution in [3.63, 3.8) is 0 Å². The van der Waals surface area contributed by atoms with Crippen molar-refractivity contribution in [2.45, 2.75) is 52.4 Å². The van der Waals surface area contributed by atoms with Crippen LogP contribution in [0, 0.1) is 0 Å². The van der Waals surface area contributed by atoms with Crippen LogP contribution in [-0.4, -0.2) is 39.7 Å². The molecule has 0 aliphatic rings. The summed E-state index contributed by atoms with van der Waals surface area (Å²) in [5.74, 6) is 0.0826.